The summed E-state index contributed by atoms with van der Waals surface area (Å²) < 4.78 is 6.08. The number of unbranched alkanes of at least 4 members (excludes halogenated alkanes) is 1. The lowest BCUT2D eigenvalue weighted by Gasteiger charge is -2.57. The molecule has 1 aromatic carbocycles. The fraction of sp³-hybridized carbons (Fsp3) is 0.744. The molecular weight excluding hydrogens is 611 g/mol. The SMILES string of the molecule is CCCCC(CC)COC(=O)C(C)(CC(C)(C)C(C)(C)C#N)C(C)(C)C(C)(C)CC(C)(C(=O)O)C(C)(C)SC(=S)c1ccccc1. The third-order valence-corrected chi connectivity index (χ3v) is 14.1. The summed E-state index contributed by atoms with van der Waals surface area (Å²) in [5, 5.41) is 21.0. The molecule has 0 aliphatic rings. The van der Waals surface area contributed by atoms with Crippen molar-refractivity contribution in [1.29, 1.82) is 5.26 Å². The number of nitriles is 1. The number of benzene rings is 1. The highest BCUT2D eigenvalue weighted by atomic mass is 32.2. The van der Waals surface area contributed by atoms with Crippen molar-refractivity contribution in [3.05, 3.63) is 35.9 Å². The molecule has 0 heterocycles. The van der Waals surface area contributed by atoms with Gasteiger partial charge in [-0.1, -0.05) is 117 Å². The molecule has 3 unspecified atom stereocenters. The summed E-state index contributed by atoms with van der Waals surface area (Å²) in [6, 6.07) is 12.2. The van der Waals surface area contributed by atoms with Gasteiger partial charge >= 0.3 is 11.9 Å². The van der Waals surface area contributed by atoms with Crippen LogP contribution in [-0.4, -0.2) is 32.6 Å². The second kappa shape index (κ2) is 15.5. The van der Waals surface area contributed by atoms with E-state index in [-0.39, 0.29) is 11.9 Å². The van der Waals surface area contributed by atoms with Gasteiger partial charge < -0.3 is 9.84 Å². The maximum absolute atomic E-state index is 14.5. The first-order valence-corrected chi connectivity index (χ1v) is 18.1. The fourth-order valence-electron chi connectivity index (χ4n) is 6.43. The first kappa shape index (κ1) is 42.1. The van der Waals surface area contributed by atoms with Crippen LogP contribution in [0.5, 0.6) is 0 Å². The molecule has 0 spiro atoms. The molecule has 0 aliphatic heterocycles. The Morgan fingerprint density at radius 2 is 1.41 bits per heavy atom. The lowest BCUT2D eigenvalue weighted by molar-refractivity contribution is -0.181. The minimum atomic E-state index is -1.21. The summed E-state index contributed by atoms with van der Waals surface area (Å²) >= 11 is 7.22. The minimum absolute atomic E-state index is 0.279. The number of hydrogen-bond donors (Lipinski definition) is 1. The van der Waals surface area contributed by atoms with Crippen LogP contribution in [-0.2, 0) is 14.3 Å². The van der Waals surface area contributed by atoms with E-state index in [1.165, 1.54) is 11.8 Å². The minimum Gasteiger partial charge on any atom is -0.481 e. The first-order chi connectivity index (χ1) is 20.8. The molecule has 1 aromatic rings. The zero-order chi connectivity index (χ0) is 36.0. The highest BCUT2D eigenvalue weighted by Gasteiger charge is 2.62. The van der Waals surface area contributed by atoms with Crippen molar-refractivity contribution in [2.75, 3.05) is 6.61 Å². The molecule has 0 bridgehead atoms. The van der Waals surface area contributed by atoms with Crippen molar-refractivity contribution in [3.8, 4) is 6.07 Å². The van der Waals surface area contributed by atoms with E-state index in [2.05, 4.69) is 47.6 Å². The van der Waals surface area contributed by atoms with Gasteiger partial charge in [-0.25, -0.2) is 0 Å². The Morgan fingerprint density at radius 3 is 1.87 bits per heavy atom. The highest BCUT2D eigenvalue weighted by Crippen LogP contribution is 2.63. The average Bonchev–Trinajstić information content (AvgIpc) is 2.96. The van der Waals surface area contributed by atoms with Gasteiger partial charge in [0, 0.05) is 4.75 Å². The number of thiocarbonyl (C=S) groups is 1. The lowest BCUT2D eigenvalue weighted by Crippen LogP contribution is -2.57. The highest BCUT2D eigenvalue weighted by molar-refractivity contribution is 8.24. The molecule has 5 nitrogen and oxygen atoms in total. The standard InChI is InChI=1S/C39H63NO4S2/c1-15-17-21-28(16-2)24-44-32(43)39(14,25-33(3,4)35(7,8)27-40)36(9,10)34(5,6)26-38(13,31(41)42)37(11,12)46-30(45)29-22-19-18-20-23-29/h18-20,22-23,28H,15-17,21,24-26H2,1-14H3,(H,41,42). The van der Waals surface area contributed by atoms with Crippen LogP contribution in [0.25, 0.3) is 0 Å². The van der Waals surface area contributed by atoms with Crippen LogP contribution in [0.3, 0.4) is 0 Å². The largest absolute Gasteiger partial charge is 0.481 e. The number of nitrogens with zero attached hydrogens (tertiary/aromatic N) is 1. The lowest BCUT2D eigenvalue weighted by atomic mass is 9.46. The first-order valence-electron chi connectivity index (χ1n) is 16.9. The van der Waals surface area contributed by atoms with Crippen molar-refractivity contribution >= 4 is 40.1 Å². The predicted octanol–water partition coefficient (Wildman–Crippen LogP) is 11.1. The van der Waals surface area contributed by atoms with E-state index >= 15 is 0 Å². The van der Waals surface area contributed by atoms with E-state index in [4.69, 9.17) is 17.0 Å². The van der Waals surface area contributed by atoms with Gasteiger partial charge in [0.2, 0.25) is 0 Å². The number of carboxylic acid groups (broad SMARTS) is 1. The molecule has 1 N–H and O–H groups in total. The number of carbonyl (C=O) groups excluding carboxylic acids is 1. The van der Waals surface area contributed by atoms with Crippen molar-refractivity contribution in [2.24, 2.45) is 38.4 Å². The maximum atomic E-state index is 14.5. The van der Waals surface area contributed by atoms with Crippen LogP contribution in [0.15, 0.2) is 30.3 Å². The summed E-state index contributed by atoms with van der Waals surface area (Å²) in [4.78, 5) is 27.8. The molecule has 0 saturated heterocycles. The Hall–Kier alpha value is -1.91. The van der Waals surface area contributed by atoms with Gasteiger partial charge in [-0.05, 0) is 88.5 Å². The van der Waals surface area contributed by atoms with Gasteiger partial charge in [0.1, 0.15) is 0 Å². The quantitative estimate of drug-likeness (QED) is 0.123. The summed E-state index contributed by atoms with van der Waals surface area (Å²) in [5.74, 6) is -0.894. The molecule has 260 valence electrons. The van der Waals surface area contributed by atoms with E-state index in [0.717, 1.165) is 31.2 Å². The molecule has 0 saturated carbocycles. The van der Waals surface area contributed by atoms with Crippen LogP contribution in [0.2, 0.25) is 0 Å². The summed E-state index contributed by atoms with van der Waals surface area (Å²) in [7, 11) is 0. The van der Waals surface area contributed by atoms with E-state index in [1.54, 1.807) is 0 Å². The number of thioether (sulfide) groups is 1. The van der Waals surface area contributed by atoms with E-state index in [9.17, 15) is 20.0 Å². The third kappa shape index (κ3) is 8.95. The molecule has 0 amide bonds. The van der Waals surface area contributed by atoms with Crippen LogP contribution < -0.4 is 0 Å². The molecular formula is C39H63NO4S2. The second-order valence-corrected chi connectivity index (χ2v) is 19.0. The molecule has 3 atom stereocenters. The molecule has 0 aromatic heterocycles. The Morgan fingerprint density at radius 1 is 0.891 bits per heavy atom. The number of carbonyl (C=O) groups is 2. The number of ether oxygens (including phenoxy) is 1. The zero-order valence-corrected chi connectivity index (χ0v) is 33.0. The van der Waals surface area contributed by atoms with Crippen LogP contribution in [0.4, 0.5) is 0 Å². The summed E-state index contributed by atoms with van der Waals surface area (Å²) in [5.41, 5.74) is -4.04. The second-order valence-electron chi connectivity index (χ2n) is 16.7. The van der Waals surface area contributed by atoms with Gasteiger partial charge in [-0.3, -0.25) is 9.59 Å². The number of aliphatic carboxylic acids is 1. The maximum Gasteiger partial charge on any atom is 0.312 e. The van der Waals surface area contributed by atoms with Crippen molar-refractivity contribution < 1.29 is 19.4 Å². The average molecular weight is 674 g/mol. The van der Waals surface area contributed by atoms with Gasteiger partial charge in [0.05, 0.1) is 33.1 Å². The molecule has 1 rings (SSSR count). The van der Waals surface area contributed by atoms with Gasteiger partial charge in [-0.2, -0.15) is 5.26 Å². The number of hydrogen-bond acceptors (Lipinski definition) is 6. The number of rotatable bonds is 18. The Bertz CT molecular complexity index is 1240. The zero-order valence-electron chi connectivity index (χ0n) is 31.3. The van der Waals surface area contributed by atoms with Crippen molar-refractivity contribution in [1.82, 2.24) is 0 Å². The van der Waals surface area contributed by atoms with Crippen LogP contribution in [0.1, 0.15) is 141 Å². The van der Waals surface area contributed by atoms with E-state index in [1.807, 2.05) is 85.7 Å². The van der Waals surface area contributed by atoms with Crippen LogP contribution in [0, 0.1) is 49.7 Å². The molecule has 0 fully saturated rings. The Kier molecular flexibility index (Phi) is 14.2. The summed E-state index contributed by atoms with van der Waals surface area (Å²) in [6.07, 6.45) is 4.81. The van der Waals surface area contributed by atoms with Gasteiger partial charge in [0.15, 0.2) is 0 Å². The van der Waals surface area contributed by atoms with Gasteiger partial charge in [0.25, 0.3) is 0 Å². The molecule has 7 heteroatoms. The number of esters is 1. The fourth-order valence-corrected chi connectivity index (χ4v) is 8.29. The topological polar surface area (TPSA) is 87.4 Å². The molecule has 0 radical (unpaired) electrons. The van der Waals surface area contributed by atoms with Crippen LogP contribution >= 0.6 is 24.0 Å². The van der Waals surface area contributed by atoms with Gasteiger partial charge in [-0.15, -0.1) is 11.8 Å². The van der Waals surface area contributed by atoms with E-state index in [0.29, 0.717) is 23.6 Å². The smallest absolute Gasteiger partial charge is 0.312 e. The Labute approximate surface area is 291 Å². The molecule has 46 heavy (non-hydrogen) atoms. The monoisotopic (exact) mass is 673 g/mol. The third-order valence-electron chi connectivity index (χ3n) is 12.2. The molecule has 0 aliphatic carbocycles. The Balaban J connectivity index is 3.69. The van der Waals surface area contributed by atoms with Crippen molar-refractivity contribution in [3.63, 3.8) is 0 Å². The predicted molar refractivity (Wildman–Crippen MR) is 198 cm³/mol. The summed E-state index contributed by atoms with van der Waals surface area (Å²) in [6.45, 7) is 28.6. The van der Waals surface area contributed by atoms with E-state index < -0.39 is 43.2 Å². The van der Waals surface area contributed by atoms with Crippen molar-refractivity contribution in [2.45, 2.75) is 140 Å². The normalized spacial score (nSPS) is 16.5. The number of carboxylic acids is 1.